The minimum Gasteiger partial charge on any atom is -0.379 e. The number of hydrogen-bond acceptors (Lipinski definition) is 6. The van der Waals surface area contributed by atoms with Crippen molar-refractivity contribution in [3.63, 3.8) is 0 Å². The number of hydrogen-bond donors (Lipinski definition) is 2. The Morgan fingerprint density at radius 2 is 2.04 bits per heavy atom. The van der Waals surface area contributed by atoms with Gasteiger partial charge in [0.25, 0.3) is 5.69 Å². The molecule has 1 saturated carbocycles. The van der Waals surface area contributed by atoms with Gasteiger partial charge in [-0.1, -0.05) is 0 Å². The topological polar surface area (TPSA) is 125 Å². The highest BCUT2D eigenvalue weighted by molar-refractivity contribution is 7.89. The Labute approximate surface area is 146 Å². The molecule has 138 valence electrons. The van der Waals surface area contributed by atoms with Crippen LogP contribution in [0.3, 0.4) is 0 Å². The second-order valence-electron chi connectivity index (χ2n) is 6.94. The van der Waals surface area contributed by atoms with Crippen LogP contribution in [0.2, 0.25) is 0 Å². The predicted octanol–water partition coefficient (Wildman–Crippen LogP) is 2.39. The third kappa shape index (κ3) is 4.10. The zero-order chi connectivity index (χ0) is 18.1. The summed E-state index contributed by atoms with van der Waals surface area (Å²) in [7, 11) is -3.97. The zero-order valence-electron chi connectivity index (χ0n) is 13.9. The first-order chi connectivity index (χ1) is 11.8. The number of benzene rings is 1. The highest BCUT2D eigenvalue weighted by Crippen LogP contribution is 2.41. The lowest BCUT2D eigenvalue weighted by Gasteiger charge is -2.36. The molecule has 0 unspecified atom stereocenters. The first-order valence-electron chi connectivity index (χ1n) is 8.48. The molecule has 1 spiro atoms. The Hall–Kier alpha value is -1.71. The lowest BCUT2D eigenvalue weighted by atomic mass is 9.77. The average Bonchev–Trinajstić information content (AvgIpc) is 3.01. The van der Waals surface area contributed by atoms with Gasteiger partial charge in [-0.3, -0.25) is 10.1 Å². The van der Waals surface area contributed by atoms with Crippen LogP contribution in [-0.2, 0) is 14.8 Å². The number of nitrogens with one attached hydrogen (secondary N) is 1. The van der Waals surface area contributed by atoms with Crippen LogP contribution in [0, 0.1) is 16.0 Å². The van der Waals surface area contributed by atoms with Crippen LogP contribution in [0.1, 0.15) is 38.5 Å². The fraction of sp³-hybridized carbons (Fsp3) is 0.625. The smallest absolute Gasteiger partial charge is 0.293 e. The molecule has 2 fully saturated rings. The largest absolute Gasteiger partial charge is 0.379 e. The number of anilines is 1. The molecular formula is C16H23N3O5S. The summed E-state index contributed by atoms with van der Waals surface area (Å²) >= 11 is 0. The number of nitro groups is 1. The van der Waals surface area contributed by atoms with Gasteiger partial charge in [0.15, 0.2) is 0 Å². The van der Waals surface area contributed by atoms with Crippen LogP contribution in [0.4, 0.5) is 11.4 Å². The minimum absolute atomic E-state index is 0.0691. The molecule has 3 N–H and O–H groups in total. The lowest BCUT2D eigenvalue weighted by Crippen LogP contribution is -2.35. The van der Waals surface area contributed by atoms with Crippen molar-refractivity contribution in [3.8, 4) is 0 Å². The van der Waals surface area contributed by atoms with E-state index in [4.69, 9.17) is 9.88 Å². The molecule has 0 bridgehead atoms. The van der Waals surface area contributed by atoms with E-state index in [9.17, 15) is 18.5 Å². The van der Waals surface area contributed by atoms with Crippen molar-refractivity contribution in [2.24, 2.45) is 11.1 Å². The van der Waals surface area contributed by atoms with Crippen molar-refractivity contribution < 1.29 is 18.1 Å². The number of rotatable bonds is 5. The number of primary sulfonamides is 1. The van der Waals surface area contributed by atoms with Crippen molar-refractivity contribution in [1.82, 2.24) is 0 Å². The maximum Gasteiger partial charge on any atom is 0.293 e. The molecule has 3 rings (SSSR count). The van der Waals surface area contributed by atoms with Gasteiger partial charge in [0.05, 0.1) is 15.4 Å². The van der Waals surface area contributed by atoms with Crippen LogP contribution in [0.5, 0.6) is 0 Å². The van der Waals surface area contributed by atoms with Gasteiger partial charge in [0.1, 0.15) is 5.69 Å². The standard InChI is InChI=1S/C16H23N3O5S/c17-25(22,23)13-2-3-14(15(10-13)19(20)21)18-11-12-4-7-16(8-5-12)6-1-9-24-16/h2-3,10,12,18H,1,4-9,11H2,(H2,17,22,23)/t12-,16-. The van der Waals surface area contributed by atoms with Gasteiger partial charge < -0.3 is 10.1 Å². The second-order valence-corrected chi connectivity index (χ2v) is 8.50. The SMILES string of the molecule is NS(=O)(=O)c1ccc(NC[C@H]2CC[C@@]3(CCCO3)CC2)c([N+](=O)[O-])c1. The predicted molar refractivity (Wildman–Crippen MR) is 92.8 cm³/mol. The summed E-state index contributed by atoms with van der Waals surface area (Å²) in [6.45, 7) is 1.47. The number of ether oxygens (including phenoxy) is 1. The molecule has 2 aliphatic rings. The molecular weight excluding hydrogens is 346 g/mol. The summed E-state index contributed by atoms with van der Waals surface area (Å²) in [5.74, 6) is 0.423. The van der Waals surface area contributed by atoms with Crippen molar-refractivity contribution in [2.45, 2.75) is 49.0 Å². The monoisotopic (exact) mass is 369 g/mol. The Bertz CT molecular complexity index is 749. The van der Waals surface area contributed by atoms with Crippen molar-refractivity contribution >= 4 is 21.4 Å². The highest BCUT2D eigenvalue weighted by atomic mass is 32.2. The Morgan fingerprint density at radius 3 is 2.60 bits per heavy atom. The van der Waals surface area contributed by atoms with Gasteiger partial charge in [0.2, 0.25) is 10.0 Å². The normalized spacial score (nSPS) is 26.7. The third-order valence-corrected chi connectivity index (χ3v) is 6.19. The van der Waals surface area contributed by atoms with E-state index in [1.807, 2.05) is 0 Å². The maximum absolute atomic E-state index is 11.4. The lowest BCUT2D eigenvalue weighted by molar-refractivity contribution is -0.384. The summed E-state index contributed by atoms with van der Waals surface area (Å²) in [4.78, 5) is 10.4. The van der Waals surface area contributed by atoms with Crippen molar-refractivity contribution in [3.05, 3.63) is 28.3 Å². The summed E-state index contributed by atoms with van der Waals surface area (Å²) < 4.78 is 28.6. The molecule has 0 radical (unpaired) electrons. The van der Waals surface area contributed by atoms with Gasteiger partial charge in [0, 0.05) is 19.2 Å². The molecule has 8 nitrogen and oxygen atoms in total. The van der Waals surface area contributed by atoms with E-state index in [0.717, 1.165) is 51.2 Å². The molecule has 9 heteroatoms. The van der Waals surface area contributed by atoms with Crippen molar-refractivity contribution in [2.75, 3.05) is 18.5 Å². The Balaban J connectivity index is 1.64. The molecule has 25 heavy (non-hydrogen) atoms. The van der Waals surface area contributed by atoms with Gasteiger partial charge in [-0.25, -0.2) is 13.6 Å². The van der Waals surface area contributed by atoms with Gasteiger partial charge in [-0.05, 0) is 56.6 Å². The van der Waals surface area contributed by atoms with Gasteiger partial charge >= 0.3 is 0 Å². The van der Waals surface area contributed by atoms with Gasteiger partial charge in [-0.2, -0.15) is 0 Å². The summed E-state index contributed by atoms with van der Waals surface area (Å²) in [5.41, 5.74) is 0.104. The average molecular weight is 369 g/mol. The van der Waals surface area contributed by atoms with E-state index in [1.165, 1.54) is 12.1 Å². The minimum atomic E-state index is -3.97. The fourth-order valence-corrected chi connectivity index (χ4v) is 4.33. The second kappa shape index (κ2) is 6.89. The van der Waals surface area contributed by atoms with Crippen LogP contribution in [0.15, 0.2) is 23.1 Å². The molecule has 1 saturated heterocycles. The van der Waals surface area contributed by atoms with Gasteiger partial charge in [-0.15, -0.1) is 0 Å². The summed E-state index contributed by atoms with van der Waals surface area (Å²) in [6.07, 6.45) is 6.38. The van der Waals surface area contributed by atoms with E-state index in [2.05, 4.69) is 5.32 Å². The Kier molecular flexibility index (Phi) is 4.99. The zero-order valence-corrected chi connectivity index (χ0v) is 14.8. The number of nitro benzene ring substituents is 1. The summed E-state index contributed by atoms with van der Waals surface area (Å²) in [6, 6.07) is 3.69. The number of nitrogens with two attached hydrogens (primary N) is 1. The molecule has 1 heterocycles. The molecule has 0 aromatic heterocycles. The van der Waals surface area contributed by atoms with E-state index in [1.54, 1.807) is 0 Å². The molecule has 0 atom stereocenters. The van der Waals surface area contributed by atoms with Crippen LogP contribution in [-0.4, -0.2) is 32.1 Å². The van der Waals surface area contributed by atoms with E-state index < -0.39 is 14.9 Å². The summed E-state index contributed by atoms with van der Waals surface area (Å²) in [5, 5.41) is 19.4. The molecule has 1 aliphatic heterocycles. The van der Waals surface area contributed by atoms with E-state index in [-0.39, 0.29) is 16.2 Å². The Morgan fingerprint density at radius 1 is 1.32 bits per heavy atom. The quantitative estimate of drug-likeness (QED) is 0.606. The van der Waals surface area contributed by atoms with Crippen LogP contribution in [0.25, 0.3) is 0 Å². The molecule has 1 aromatic rings. The third-order valence-electron chi connectivity index (χ3n) is 5.28. The molecule has 1 aliphatic carbocycles. The van der Waals surface area contributed by atoms with Crippen LogP contribution >= 0.6 is 0 Å². The van der Waals surface area contributed by atoms with Crippen LogP contribution < -0.4 is 10.5 Å². The number of nitrogens with zero attached hydrogens (tertiary/aromatic N) is 1. The fourth-order valence-electron chi connectivity index (χ4n) is 3.80. The molecule has 0 amide bonds. The first-order valence-corrected chi connectivity index (χ1v) is 10.0. The number of sulfonamides is 1. The highest BCUT2D eigenvalue weighted by Gasteiger charge is 2.38. The van der Waals surface area contributed by atoms with Crippen molar-refractivity contribution in [1.29, 1.82) is 0 Å². The maximum atomic E-state index is 11.4. The van der Waals surface area contributed by atoms with E-state index in [0.29, 0.717) is 18.2 Å². The first kappa shape index (κ1) is 18.1. The van der Waals surface area contributed by atoms with E-state index >= 15 is 0 Å². The molecule has 1 aromatic carbocycles.